The first-order valence-corrected chi connectivity index (χ1v) is 11.3. The molecule has 0 N–H and O–H groups in total. The minimum absolute atomic E-state index is 1.28. The summed E-state index contributed by atoms with van der Waals surface area (Å²) in [6, 6.07) is 18.1. The molecule has 4 heteroatoms. The van der Waals surface area contributed by atoms with Crippen LogP contribution in [0.4, 0.5) is 0 Å². The van der Waals surface area contributed by atoms with Gasteiger partial charge in [0.15, 0.2) is 0 Å². The average molecular weight is 568 g/mol. The zero-order chi connectivity index (χ0) is 16.6. The summed E-state index contributed by atoms with van der Waals surface area (Å²) < 4.78 is 5.13. The molecule has 24 heavy (non-hydrogen) atoms. The second-order valence-corrected chi connectivity index (χ2v) is 10.1. The van der Waals surface area contributed by atoms with E-state index in [9.17, 15) is 0 Å². The second-order valence-electron chi connectivity index (χ2n) is 6.03. The standard InChI is InChI=1S/C20H12Se4/c21-13-5-1-9-10-2-6-15(23)20-16(24)8-4-12(18(10)20)11-3-7-14(22)19(13)17(9)11/h1-8,21-24H. The summed E-state index contributed by atoms with van der Waals surface area (Å²) >= 11 is 10.9. The first-order chi connectivity index (χ1) is 11.6. The SMILES string of the molecule is [SeH]c1ccc2c3ccc([SeH])c4c([SeH])ccc(c5ccc([SeH])c1c25)c43. The van der Waals surface area contributed by atoms with Gasteiger partial charge in [0.05, 0.1) is 0 Å². The Balaban J connectivity index is 2.26. The van der Waals surface area contributed by atoms with Gasteiger partial charge in [-0.2, -0.15) is 0 Å². The van der Waals surface area contributed by atoms with Gasteiger partial charge in [-0.05, 0) is 0 Å². The number of hydrogen-bond donors (Lipinski definition) is 0. The molecule has 116 valence electrons. The van der Waals surface area contributed by atoms with Crippen LogP contribution in [0, 0.1) is 0 Å². The van der Waals surface area contributed by atoms with Crippen LogP contribution < -0.4 is 17.8 Å². The molecule has 0 nitrogen and oxygen atoms in total. The maximum absolute atomic E-state index is 2.73. The van der Waals surface area contributed by atoms with Crippen LogP contribution in [-0.4, -0.2) is 64.1 Å². The van der Waals surface area contributed by atoms with Crippen molar-refractivity contribution in [2.75, 3.05) is 0 Å². The zero-order valence-electron chi connectivity index (χ0n) is 12.4. The van der Waals surface area contributed by atoms with Crippen molar-refractivity contribution in [3.05, 3.63) is 48.5 Å². The van der Waals surface area contributed by atoms with Crippen molar-refractivity contribution in [2.45, 2.75) is 0 Å². The van der Waals surface area contributed by atoms with E-state index in [-0.39, 0.29) is 0 Å². The summed E-state index contributed by atoms with van der Waals surface area (Å²) in [6.07, 6.45) is 0. The zero-order valence-corrected chi connectivity index (χ0v) is 19.9. The van der Waals surface area contributed by atoms with Crippen LogP contribution in [-0.2, 0) is 0 Å². The van der Waals surface area contributed by atoms with Crippen molar-refractivity contribution in [1.29, 1.82) is 0 Å². The van der Waals surface area contributed by atoms with Crippen molar-refractivity contribution in [2.24, 2.45) is 0 Å². The number of fused-ring (bicyclic) bond motifs is 2. The van der Waals surface area contributed by atoms with Gasteiger partial charge in [0.25, 0.3) is 0 Å². The monoisotopic (exact) mass is 572 g/mol. The van der Waals surface area contributed by atoms with E-state index < -0.39 is 0 Å². The topological polar surface area (TPSA) is 0 Å². The van der Waals surface area contributed by atoms with Gasteiger partial charge in [-0.1, -0.05) is 0 Å². The Kier molecular flexibility index (Phi) is 3.59. The summed E-state index contributed by atoms with van der Waals surface area (Å²) in [5, 5.41) is 10.9. The first-order valence-electron chi connectivity index (χ1n) is 7.54. The van der Waals surface area contributed by atoms with Crippen LogP contribution in [0.25, 0.3) is 43.1 Å². The van der Waals surface area contributed by atoms with Crippen LogP contribution in [0.15, 0.2) is 48.5 Å². The van der Waals surface area contributed by atoms with Crippen LogP contribution >= 0.6 is 0 Å². The summed E-state index contributed by atoms with van der Waals surface area (Å²) in [5.74, 6) is 0. The molecule has 0 aliphatic rings. The molecule has 0 amide bonds. The third kappa shape index (κ3) is 1.98. The van der Waals surface area contributed by atoms with E-state index in [0.717, 1.165) is 0 Å². The summed E-state index contributed by atoms with van der Waals surface area (Å²) in [5.41, 5.74) is 0. The van der Waals surface area contributed by atoms with E-state index in [1.165, 1.54) is 60.9 Å². The van der Waals surface area contributed by atoms with E-state index in [0.29, 0.717) is 0 Å². The van der Waals surface area contributed by atoms with Gasteiger partial charge in [0.1, 0.15) is 0 Å². The molecule has 0 aliphatic carbocycles. The van der Waals surface area contributed by atoms with E-state index >= 15 is 0 Å². The molecule has 0 aromatic heterocycles. The van der Waals surface area contributed by atoms with E-state index in [1.54, 1.807) is 0 Å². The molecular weight excluding hydrogens is 556 g/mol. The van der Waals surface area contributed by atoms with Crippen molar-refractivity contribution in [1.82, 2.24) is 0 Å². The number of benzene rings is 5. The van der Waals surface area contributed by atoms with Crippen molar-refractivity contribution in [3.8, 4) is 0 Å². The summed E-state index contributed by atoms with van der Waals surface area (Å²) in [6.45, 7) is 0. The average Bonchev–Trinajstić information content (AvgIpc) is 2.57. The normalized spacial score (nSPS) is 12.2. The summed E-state index contributed by atoms with van der Waals surface area (Å²) in [7, 11) is 0. The van der Waals surface area contributed by atoms with E-state index in [1.807, 2.05) is 0 Å². The predicted octanol–water partition coefficient (Wildman–Crippen LogP) is -0.158. The fraction of sp³-hybridized carbons (Fsp3) is 0. The molecular formula is C20H12Se4. The third-order valence-corrected chi connectivity index (χ3v) is 7.94. The first kappa shape index (κ1) is 15.7. The molecule has 0 radical (unpaired) electrons. The van der Waals surface area contributed by atoms with E-state index in [4.69, 9.17) is 0 Å². The van der Waals surface area contributed by atoms with Gasteiger partial charge >= 0.3 is 174 Å². The van der Waals surface area contributed by atoms with Gasteiger partial charge in [0, 0.05) is 0 Å². The molecule has 5 aromatic carbocycles. The number of hydrogen-bond acceptors (Lipinski definition) is 0. The van der Waals surface area contributed by atoms with Gasteiger partial charge in [-0.25, -0.2) is 0 Å². The van der Waals surface area contributed by atoms with Crippen molar-refractivity contribution in [3.63, 3.8) is 0 Å². The molecule has 0 unspecified atom stereocenters. The maximum atomic E-state index is 2.73. The van der Waals surface area contributed by atoms with Gasteiger partial charge in [0.2, 0.25) is 0 Å². The Hall–Kier alpha value is -0.522. The van der Waals surface area contributed by atoms with Gasteiger partial charge < -0.3 is 0 Å². The quantitative estimate of drug-likeness (QED) is 0.139. The van der Waals surface area contributed by atoms with E-state index in [2.05, 4.69) is 113 Å². The molecule has 0 saturated carbocycles. The minimum atomic E-state index is 1.28. The predicted molar refractivity (Wildman–Crippen MR) is 115 cm³/mol. The molecule has 0 fully saturated rings. The molecule has 5 aromatic rings. The fourth-order valence-electron chi connectivity index (χ4n) is 3.82. The Morgan fingerprint density at radius 2 is 0.583 bits per heavy atom. The Bertz CT molecular complexity index is 1090. The van der Waals surface area contributed by atoms with Crippen LogP contribution in [0.2, 0.25) is 0 Å². The number of rotatable bonds is 0. The van der Waals surface area contributed by atoms with Crippen LogP contribution in [0.5, 0.6) is 0 Å². The van der Waals surface area contributed by atoms with Gasteiger partial charge in [-0.3, -0.25) is 0 Å². The molecule has 0 aliphatic heterocycles. The molecule has 0 heterocycles. The van der Waals surface area contributed by atoms with Crippen molar-refractivity contribution >= 4 is 125 Å². The molecule has 0 saturated heterocycles. The fourth-order valence-corrected chi connectivity index (χ4v) is 7.22. The second kappa shape index (κ2) is 5.49. The van der Waals surface area contributed by atoms with Crippen LogP contribution in [0.3, 0.4) is 0 Å². The Morgan fingerprint density at radius 3 is 0.833 bits per heavy atom. The van der Waals surface area contributed by atoms with Gasteiger partial charge in [-0.15, -0.1) is 0 Å². The molecule has 0 spiro atoms. The Morgan fingerprint density at radius 1 is 0.333 bits per heavy atom. The Labute approximate surface area is 172 Å². The van der Waals surface area contributed by atoms with Crippen molar-refractivity contribution < 1.29 is 0 Å². The van der Waals surface area contributed by atoms with Crippen LogP contribution in [0.1, 0.15) is 0 Å². The summed E-state index contributed by atoms with van der Waals surface area (Å²) in [4.78, 5) is 0. The molecule has 0 atom stereocenters. The third-order valence-electron chi connectivity index (χ3n) is 4.81. The molecule has 5 rings (SSSR count). The molecule has 0 bridgehead atoms.